The van der Waals surface area contributed by atoms with E-state index in [9.17, 15) is 9.59 Å². The number of carbonyl (C=O) groups is 2. The molecule has 3 heterocycles. The molecule has 1 amide bonds. The second-order valence-electron chi connectivity index (χ2n) is 6.93. The van der Waals surface area contributed by atoms with Crippen molar-refractivity contribution in [1.82, 2.24) is 19.7 Å². The number of nitrogens with one attached hydrogen (secondary N) is 1. The van der Waals surface area contributed by atoms with Crippen LogP contribution in [-0.2, 0) is 9.53 Å². The van der Waals surface area contributed by atoms with Crippen LogP contribution in [0.1, 0.15) is 22.8 Å². The monoisotopic (exact) mass is 479 g/mol. The van der Waals surface area contributed by atoms with Crippen molar-refractivity contribution in [1.29, 1.82) is 0 Å². The van der Waals surface area contributed by atoms with Gasteiger partial charge in [0.05, 0.1) is 17.9 Å². The Hall–Kier alpha value is -3.50. The highest BCUT2D eigenvalue weighted by Gasteiger charge is 2.19. The number of esters is 1. The summed E-state index contributed by atoms with van der Waals surface area (Å²) < 4.78 is 6.96. The molecule has 0 atom stereocenters. The summed E-state index contributed by atoms with van der Waals surface area (Å²) in [5.74, 6) is 0.0484. The van der Waals surface area contributed by atoms with E-state index in [1.807, 2.05) is 47.9 Å². The second kappa shape index (κ2) is 10.4. The Bertz CT molecular complexity index is 1250. The Kier molecular flexibility index (Phi) is 7.16. The van der Waals surface area contributed by atoms with Gasteiger partial charge in [0.25, 0.3) is 0 Å². The third-order valence-corrected chi connectivity index (χ3v) is 6.37. The fraction of sp³-hybridized carbons (Fsp3) is 0.174. The number of carbonyl (C=O) groups excluding carboxylic acids is 2. The van der Waals surface area contributed by atoms with Crippen molar-refractivity contribution in [3.05, 3.63) is 71.4 Å². The highest BCUT2D eigenvalue weighted by Crippen LogP contribution is 2.29. The Morgan fingerprint density at radius 2 is 1.85 bits per heavy atom. The number of ether oxygens (including phenoxy) is 1. The average molecular weight is 480 g/mol. The maximum atomic E-state index is 12.6. The van der Waals surface area contributed by atoms with Gasteiger partial charge in [0.1, 0.15) is 5.00 Å². The number of rotatable bonds is 8. The standard InChI is InChI=1S/C23H21N5O3S2/c1-3-31-22(30)18-10-13-32-21(18)25-19(29)14-33-23-27-26-20(16-8-11-24-12-9-16)28(23)17-6-4-15(2)5-7-17/h4-13H,3,14H2,1-2H3,(H,25,29). The number of amides is 1. The van der Waals surface area contributed by atoms with Gasteiger partial charge in [-0.3, -0.25) is 14.3 Å². The molecule has 4 aromatic rings. The van der Waals surface area contributed by atoms with Gasteiger partial charge < -0.3 is 10.1 Å². The number of nitrogens with zero attached hydrogens (tertiary/aromatic N) is 4. The number of thiophene rings is 1. The maximum absolute atomic E-state index is 12.6. The van der Waals surface area contributed by atoms with Gasteiger partial charge in [0.15, 0.2) is 11.0 Å². The molecule has 33 heavy (non-hydrogen) atoms. The quantitative estimate of drug-likeness (QED) is 0.291. The van der Waals surface area contributed by atoms with E-state index in [1.165, 1.54) is 23.1 Å². The third-order valence-electron chi connectivity index (χ3n) is 4.61. The molecule has 0 saturated carbocycles. The molecule has 1 N–H and O–H groups in total. The first kappa shape index (κ1) is 22.7. The zero-order valence-electron chi connectivity index (χ0n) is 18.0. The molecule has 0 radical (unpaired) electrons. The molecule has 0 saturated heterocycles. The Morgan fingerprint density at radius 1 is 1.09 bits per heavy atom. The van der Waals surface area contributed by atoms with Gasteiger partial charge in [-0.05, 0) is 49.6 Å². The van der Waals surface area contributed by atoms with Crippen LogP contribution in [-0.4, -0.2) is 44.0 Å². The SMILES string of the molecule is CCOC(=O)c1ccsc1NC(=O)CSc1nnc(-c2ccncc2)n1-c1ccc(C)cc1. The molecule has 0 aliphatic carbocycles. The molecule has 0 aliphatic heterocycles. The predicted molar refractivity (Wildman–Crippen MR) is 129 cm³/mol. The van der Waals surface area contributed by atoms with E-state index < -0.39 is 5.97 Å². The van der Waals surface area contributed by atoms with Crippen LogP contribution in [0.5, 0.6) is 0 Å². The molecule has 0 bridgehead atoms. The van der Waals surface area contributed by atoms with E-state index >= 15 is 0 Å². The lowest BCUT2D eigenvalue weighted by atomic mass is 10.2. The topological polar surface area (TPSA) is 99.0 Å². The Balaban J connectivity index is 1.55. The molecule has 1 aromatic carbocycles. The van der Waals surface area contributed by atoms with Crippen molar-refractivity contribution < 1.29 is 14.3 Å². The Morgan fingerprint density at radius 3 is 2.58 bits per heavy atom. The number of anilines is 1. The number of aryl methyl sites for hydroxylation is 1. The predicted octanol–water partition coefficient (Wildman–Crippen LogP) is 4.61. The molecule has 168 valence electrons. The summed E-state index contributed by atoms with van der Waals surface area (Å²) in [6.45, 7) is 4.03. The van der Waals surface area contributed by atoms with Crippen molar-refractivity contribution in [2.45, 2.75) is 19.0 Å². The zero-order valence-corrected chi connectivity index (χ0v) is 19.7. The second-order valence-corrected chi connectivity index (χ2v) is 8.79. The van der Waals surface area contributed by atoms with E-state index in [0.717, 1.165) is 16.8 Å². The van der Waals surface area contributed by atoms with Gasteiger partial charge in [0, 0.05) is 23.6 Å². The van der Waals surface area contributed by atoms with E-state index in [1.54, 1.807) is 30.8 Å². The fourth-order valence-corrected chi connectivity index (χ4v) is 4.59. The summed E-state index contributed by atoms with van der Waals surface area (Å²) in [5, 5.41) is 14.3. The number of pyridine rings is 1. The number of benzene rings is 1. The molecule has 0 fully saturated rings. The minimum Gasteiger partial charge on any atom is -0.462 e. The molecule has 0 unspecified atom stereocenters. The van der Waals surface area contributed by atoms with E-state index in [-0.39, 0.29) is 18.3 Å². The van der Waals surface area contributed by atoms with Gasteiger partial charge in [-0.1, -0.05) is 29.5 Å². The summed E-state index contributed by atoms with van der Waals surface area (Å²) in [7, 11) is 0. The van der Waals surface area contributed by atoms with E-state index in [4.69, 9.17) is 4.74 Å². The highest BCUT2D eigenvalue weighted by molar-refractivity contribution is 7.99. The van der Waals surface area contributed by atoms with Crippen molar-refractivity contribution in [3.8, 4) is 17.1 Å². The molecule has 0 spiro atoms. The number of thioether (sulfide) groups is 1. The number of hydrogen-bond donors (Lipinski definition) is 1. The third kappa shape index (κ3) is 5.29. The van der Waals surface area contributed by atoms with Crippen molar-refractivity contribution in [2.24, 2.45) is 0 Å². The van der Waals surface area contributed by atoms with Crippen molar-refractivity contribution >= 4 is 40.0 Å². The smallest absolute Gasteiger partial charge is 0.341 e. The normalized spacial score (nSPS) is 10.7. The minimum absolute atomic E-state index is 0.0977. The van der Waals surface area contributed by atoms with Gasteiger partial charge >= 0.3 is 5.97 Å². The Labute approximate surface area is 199 Å². The first-order chi connectivity index (χ1) is 16.1. The first-order valence-electron chi connectivity index (χ1n) is 10.2. The van der Waals surface area contributed by atoms with Gasteiger partial charge in [-0.2, -0.15) is 0 Å². The van der Waals surface area contributed by atoms with E-state index in [2.05, 4.69) is 20.5 Å². The number of aromatic nitrogens is 4. The summed E-state index contributed by atoms with van der Waals surface area (Å²) in [6.07, 6.45) is 3.40. The molecule has 0 aliphatic rings. The minimum atomic E-state index is -0.456. The zero-order chi connectivity index (χ0) is 23.2. The molecular weight excluding hydrogens is 458 g/mol. The molecule has 4 rings (SSSR count). The summed E-state index contributed by atoms with van der Waals surface area (Å²) in [6, 6.07) is 13.4. The molecule has 8 nitrogen and oxygen atoms in total. The van der Waals surface area contributed by atoms with Crippen LogP contribution in [0.15, 0.2) is 65.4 Å². The van der Waals surface area contributed by atoms with Crippen LogP contribution in [0.3, 0.4) is 0 Å². The van der Waals surface area contributed by atoms with Crippen LogP contribution >= 0.6 is 23.1 Å². The highest BCUT2D eigenvalue weighted by atomic mass is 32.2. The lowest BCUT2D eigenvalue weighted by molar-refractivity contribution is -0.113. The van der Waals surface area contributed by atoms with Crippen LogP contribution in [0.4, 0.5) is 5.00 Å². The molecular formula is C23H21N5O3S2. The van der Waals surface area contributed by atoms with Gasteiger partial charge in [-0.15, -0.1) is 21.5 Å². The maximum Gasteiger partial charge on any atom is 0.341 e. The number of hydrogen-bond acceptors (Lipinski definition) is 8. The summed E-state index contributed by atoms with van der Waals surface area (Å²) >= 11 is 2.54. The van der Waals surface area contributed by atoms with Crippen LogP contribution in [0.2, 0.25) is 0 Å². The molecule has 3 aromatic heterocycles. The van der Waals surface area contributed by atoms with Gasteiger partial charge in [-0.25, -0.2) is 4.79 Å². The lowest BCUT2D eigenvalue weighted by Gasteiger charge is -2.11. The molecule has 10 heteroatoms. The van der Waals surface area contributed by atoms with Crippen molar-refractivity contribution in [3.63, 3.8) is 0 Å². The van der Waals surface area contributed by atoms with Crippen LogP contribution in [0, 0.1) is 6.92 Å². The first-order valence-corrected chi connectivity index (χ1v) is 12.0. The summed E-state index contributed by atoms with van der Waals surface area (Å²) in [4.78, 5) is 28.8. The van der Waals surface area contributed by atoms with Crippen LogP contribution in [0.25, 0.3) is 17.1 Å². The van der Waals surface area contributed by atoms with Gasteiger partial charge in [0.2, 0.25) is 5.91 Å². The largest absolute Gasteiger partial charge is 0.462 e. The van der Waals surface area contributed by atoms with Crippen LogP contribution < -0.4 is 5.32 Å². The van der Waals surface area contributed by atoms with Crippen molar-refractivity contribution in [2.75, 3.05) is 17.7 Å². The summed E-state index contributed by atoms with van der Waals surface area (Å²) in [5.41, 5.74) is 3.25. The fourth-order valence-electron chi connectivity index (χ4n) is 3.05. The van der Waals surface area contributed by atoms with E-state index in [0.29, 0.717) is 21.5 Å². The average Bonchev–Trinajstić information content (AvgIpc) is 3.46. The lowest BCUT2D eigenvalue weighted by Crippen LogP contribution is -2.16.